The highest BCUT2D eigenvalue weighted by Gasteiger charge is 2.07. The fourth-order valence-electron chi connectivity index (χ4n) is 1.81. The van der Waals surface area contributed by atoms with Gasteiger partial charge in [0.1, 0.15) is 11.6 Å². The molecule has 0 spiro atoms. The molecular weight excluding hydrogens is 221 g/mol. The van der Waals surface area contributed by atoms with E-state index in [1.165, 1.54) is 12.1 Å². The first kappa shape index (κ1) is 12.0. The van der Waals surface area contributed by atoms with Crippen LogP contribution in [0, 0.1) is 5.82 Å². The number of hydrogen-bond acceptors (Lipinski definition) is 3. The Bertz CT molecular complexity index is 497. The van der Waals surface area contributed by atoms with Crippen molar-refractivity contribution in [2.45, 2.75) is 13.5 Å². The second-order valence-electron chi connectivity index (χ2n) is 3.94. The molecule has 92 valence electrons. The number of nitrogens with zero attached hydrogens (tertiary/aromatic N) is 2. The number of aliphatic hydroxyl groups excluding tert-OH is 1. The van der Waals surface area contributed by atoms with Crippen LogP contribution < -0.4 is 0 Å². The summed E-state index contributed by atoms with van der Waals surface area (Å²) in [6, 6.07) is 4.50. The number of likely N-dealkylation sites (N-methyl/N-ethyl adjacent to an activating group) is 1. The van der Waals surface area contributed by atoms with E-state index in [1.54, 1.807) is 6.07 Å². The summed E-state index contributed by atoms with van der Waals surface area (Å²) in [6.45, 7) is 4.24. The number of rotatable bonds is 5. The van der Waals surface area contributed by atoms with Crippen LogP contribution in [-0.2, 0) is 6.54 Å². The van der Waals surface area contributed by atoms with Crippen LogP contribution in [0.1, 0.15) is 12.7 Å². The third-order valence-electron chi connectivity index (χ3n) is 2.73. The predicted octanol–water partition coefficient (Wildman–Crippen LogP) is 1.52. The SMILES string of the molecule is CCN(CCO)Cc1nc2ccc(F)cc2[nH]1. The van der Waals surface area contributed by atoms with E-state index in [-0.39, 0.29) is 12.4 Å². The van der Waals surface area contributed by atoms with E-state index < -0.39 is 0 Å². The Balaban J connectivity index is 2.18. The van der Waals surface area contributed by atoms with Gasteiger partial charge in [0.05, 0.1) is 24.2 Å². The van der Waals surface area contributed by atoms with Crippen molar-refractivity contribution in [1.29, 1.82) is 0 Å². The minimum atomic E-state index is -0.268. The number of aromatic nitrogens is 2. The zero-order valence-electron chi connectivity index (χ0n) is 9.78. The molecule has 1 aromatic heterocycles. The first-order valence-electron chi connectivity index (χ1n) is 5.70. The molecule has 4 nitrogen and oxygen atoms in total. The minimum absolute atomic E-state index is 0.128. The zero-order chi connectivity index (χ0) is 12.3. The lowest BCUT2D eigenvalue weighted by atomic mass is 10.3. The highest BCUT2D eigenvalue weighted by atomic mass is 19.1. The summed E-state index contributed by atoms with van der Waals surface area (Å²) in [5.41, 5.74) is 1.47. The van der Waals surface area contributed by atoms with Gasteiger partial charge in [-0.15, -0.1) is 0 Å². The third kappa shape index (κ3) is 2.81. The number of aromatic amines is 1. The molecule has 0 aliphatic rings. The van der Waals surface area contributed by atoms with E-state index in [0.717, 1.165) is 17.9 Å². The quantitative estimate of drug-likeness (QED) is 0.829. The molecule has 0 saturated heterocycles. The Labute approximate surface area is 99.1 Å². The van der Waals surface area contributed by atoms with E-state index in [4.69, 9.17) is 5.11 Å². The van der Waals surface area contributed by atoms with Crippen molar-refractivity contribution in [2.75, 3.05) is 19.7 Å². The van der Waals surface area contributed by atoms with Crippen molar-refractivity contribution < 1.29 is 9.50 Å². The molecule has 1 aromatic carbocycles. The van der Waals surface area contributed by atoms with Gasteiger partial charge in [-0.3, -0.25) is 4.90 Å². The number of nitrogens with one attached hydrogen (secondary N) is 1. The Kier molecular flexibility index (Phi) is 3.71. The Morgan fingerprint density at radius 3 is 3.00 bits per heavy atom. The lowest BCUT2D eigenvalue weighted by molar-refractivity contribution is 0.194. The number of benzene rings is 1. The van der Waals surface area contributed by atoms with E-state index >= 15 is 0 Å². The number of aliphatic hydroxyl groups is 1. The number of imidazole rings is 1. The highest BCUT2D eigenvalue weighted by molar-refractivity contribution is 5.74. The van der Waals surface area contributed by atoms with Gasteiger partial charge < -0.3 is 10.1 Å². The highest BCUT2D eigenvalue weighted by Crippen LogP contribution is 2.13. The monoisotopic (exact) mass is 237 g/mol. The normalized spacial score (nSPS) is 11.5. The van der Waals surface area contributed by atoms with Gasteiger partial charge in [0.25, 0.3) is 0 Å². The molecule has 0 atom stereocenters. The molecular formula is C12H16FN3O. The van der Waals surface area contributed by atoms with Gasteiger partial charge in [0.2, 0.25) is 0 Å². The van der Waals surface area contributed by atoms with Crippen molar-refractivity contribution in [1.82, 2.24) is 14.9 Å². The number of fused-ring (bicyclic) bond motifs is 1. The number of H-pyrrole nitrogens is 1. The summed E-state index contributed by atoms with van der Waals surface area (Å²) in [7, 11) is 0. The molecule has 0 aliphatic carbocycles. The summed E-state index contributed by atoms with van der Waals surface area (Å²) in [5, 5.41) is 8.90. The van der Waals surface area contributed by atoms with Crippen LogP contribution in [0.4, 0.5) is 4.39 Å². The number of halogens is 1. The van der Waals surface area contributed by atoms with Crippen LogP contribution in [0.2, 0.25) is 0 Å². The second-order valence-corrected chi connectivity index (χ2v) is 3.94. The Morgan fingerprint density at radius 2 is 2.29 bits per heavy atom. The van der Waals surface area contributed by atoms with Crippen LogP contribution in [0.15, 0.2) is 18.2 Å². The standard InChI is InChI=1S/C12H16FN3O/c1-2-16(5-6-17)8-12-14-10-4-3-9(13)7-11(10)15-12/h3-4,7,17H,2,5-6,8H2,1H3,(H,14,15). The summed E-state index contributed by atoms with van der Waals surface area (Å²) in [5.74, 6) is 0.524. The van der Waals surface area contributed by atoms with Crippen LogP contribution in [0.3, 0.4) is 0 Å². The smallest absolute Gasteiger partial charge is 0.125 e. The summed E-state index contributed by atoms with van der Waals surface area (Å²) in [6.07, 6.45) is 0. The molecule has 17 heavy (non-hydrogen) atoms. The molecule has 0 fully saturated rings. The molecule has 2 rings (SSSR count). The van der Waals surface area contributed by atoms with E-state index in [2.05, 4.69) is 14.9 Å². The second kappa shape index (κ2) is 5.25. The van der Waals surface area contributed by atoms with Crippen molar-refractivity contribution in [3.8, 4) is 0 Å². The fourth-order valence-corrected chi connectivity index (χ4v) is 1.81. The molecule has 0 aliphatic heterocycles. The van der Waals surface area contributed by atoms with Gasteiger partial charge in [-0.1, -0.05) is 6.92 Å². The van der Waals surface area contributed by atoms with Gasteiger partial charge in [-0.05, 0) is 24.7 Å². The van der Waals surface area contributed by atoms with Gasteiger partial charge in [-0.2, -0.15) is 0 Å². The van der Waals surface area contributed by atoms with Crippen LogP contribution in [-0.4, -0.2) is 39.7 Å². The first-order valence-corrected chi connectivity index (χ1v) is 5.70. The molecule has 2 N–H and O–H groups in total. The molecule has 0 amide bonds. The summed E-state index contributed by atoms with van der Waals surface area (Å²) >= 11 is 0. The Hall–Kier alpha value is -1.46. The van der Waals surface area contributed by atoms with E-state index in [0.29, 0.717) is 18.6 Å². The molecule has 0 bridgehead atoms. The van der Waals surface area contributed by atoms with Crippen molar-refractivity contribution in [3.05, 3.63) is 29.8 Å². The Morgan fingerprint density at radius 1 is 1.47 bits per heavy atom. The van der Waals surface area contributed by atoms with Crippen LogP contribution in [0.5, 0.6) is 0 Å². The molecule has 0 radical (unpaired) electrons. The average Bonchev–Trinajstić information content (AvgIpc) is 2.69. The third-order valence-corrected chi connectivity index (χ3v) is 2.73. The zero-order valence-corrected chi connectivity index (χ0v) is 9.78. The maximum atomic E-state index is 13.0. The van der Waals surface area contributed by atoms with Crippen molar-refractivity contribution in [2.24, 2.45) is 0 Å². The van der Waals surface area contributed by atoms with Gasteiger partial charge in [0, 0.05) is 6.54 Å². The van der Waals surface area contributed by atoms with Gasteiger partial charge in [-0.25, -0.2) is 9.37 Å². The van der Waals surface area contributed by atoms with E-state index in [1.807, 2.05) is 6.92 Å². The molecule has 2 aromatic rings. The van der Waals surface area contributed by atoms with Crippen LogP contribution in [0.25, 0.3) is 11.0 Å². The summed E-state index contributed by atoms with van der Waals surface area (Å²) in [4.78, 5) is 9.53. The fraction of sp³-hybridized carbons (Fsp3) is 0.417. The predicted molar refractivity (Wildman–Crippen MR) is 64.1 cm³/mol. The van der Waals surface area contributed by atoms with Crippen LogP contribution >= 0.6 is 0 Å². The average molecular weight is 237 g/mol. The number of hydrogen-bond donors (Lipinski definition) is 2. The molecule has 0 saturated carbocycles. The molecule has 1 heterocycles. The first-order chi connectivity index (χ1) is 8.22. The molecule has 5 heteroatoms. The van der Waals surface area contributed by atoms with Crippen molar-refractivity contribution >= 4 is 11.0 Å². The minimum Gasteiger partial charge on any atom is -0.395 e. The maximum absolute atomic E-state index is 13.0. The lowest BCUT2D eigenvalue weighted by Gasteiger charge is -2.16. The lowest BCUT2D eigenvalue weighted by Crippen LogP contribution is -2.26. The maximum Gasteiger partial charge on any atom is 0.125 e. The van der Waals surface area contributed by atoms with Crippen molar-refractivity contribution in [3.63, 3.8) is 0 Å². The topological polar surface area (TPSA) is 52.1 Å². The molecule has 0 unspecified atom stereocenters. The van der Waals surface area contributed by atoms with E-state index in [9.17, 15) is 4.39 Å². The van der Waals surface area contributed by atoms with Gasteiger partial charge >= 0.3 is 0 Å². The summed E-state index contributed by atoms with van der Waals surface area (Å²) < 4.78 is 13.0. The largest absolute Gasteiger partial charge is 0.395 e. The van der Waals surface area contributed by atoms with Gasteiger partial charge in [0.15, 0.2) is 0 Å².